The van der Waals surface area contributed by atoms with Gasteiger partial charge in [-0.2, -0.15) is 0 Å². The molecule has 21 heavy (non-hydrogen) atoms. The number of carboxylic acid groups (broad SMARTS) is 1. The highest BCUT2D eigenvalue weighted by Gasteiger charge is 2.10. The number of methoxy groups -OCH3 is 1. The highest BCUT2D eigenvalue weighted by atomic mass is 32.2. The average Bonchev–Trinajstić information content (AvgIpc) is 2.88. The maximum Gasteiger partial charge on any atom is 0.313 e. The Morgan fingerprint density at radius 2 is 2.10 bits per heavy atom. The number of imidazole rings is 1. The molecule has 6 nitrogen and oxygen atoms in total. The summed E-state index contributed by atoms with van der Waals surface area (Å²) in [6.07, 6.45) is 1.73. The molecule has 0 atom stereocenters. The largest absolute Gasteiger partial charge is 0.497 e. The van der Waals surface area contributed by atoms with Gasteiger partial charge < -0.3 is 19.5 Å². The van der Waals surface area contributed by atoms with Gasteiger partial charge in [-0.1, -0.05) is 23.9 Å². The van der Waals surface area contributed by atoms with Crippen molar-refractivity contribution in [2.45, 2.75) is 18.3 Å². The highest BCUT2D eigenvalue weighted by molar-refractivity contribution is 7.99. The molecule has 1 aromatic carbocycles. The van der Waals surface area contributed by atoms with E-state index < -0.39 is 5.97 Å². The molecule has 2 N–H and O–H groups in total. The number of ether oxygens (including phenoxy) is 1. The summed E-state index contributed by atoms with van der Waals surface area (Å²) in [6.45, 7) is 0.384. The monoisotopic (exact) mass is 308 g/mol. The first kappa shape index (κ1) is 15.4. The fourth-order valence-electron chi connectivity index (χ4n) is 1.81. The Labute approximate surface area is 126 Å². The summed E-state index contributed by atoms with van der Waals surface area (Å²) >= 11 is 1.13. The van der Waals surface area contributed by atoms with Crippen molar-refractivity contribution in [1.29, 1.82) is 0 Å². The summed E-state index contributed by atoms with van der Waals surface area (Å²) < 4.78 is 6.94. The number of carbonyl (C=O) groups is 1. The van der Waals surface area contributed by atoms with Crippen LogP contribution in [0.4, 0.5) is 0 Å². The fraction of sp³-hybridized carbons (Fsp3) is 0.286. The molecule has 0 amide bonds. The van der Waals surface area contributed by atoms with Crippen molar-refractivity contribution in [3.8, 4) is 5.75 Å². The third-order valence-corrected chi connectivity index (χ3v) is 3.76. The van der Waals surface area contributed by atoms with Crippen LogP contribution in [0, 0.1) is 0 Å². The molecule has 0 aliphatic rings. The van der Waals surface area contributed by atoms with Crippen LogP contribution < -0.4 is 4.74 Å². The van der Waals surface area contributed by atoms with Gasteiger partial charge in [-0.15, -0.1) is 0 Å². The van der Waals surface area contributed by atoms with Gasteiger partial charge in [-0.3, -0.25) is 4.79 Å². The number of aliphatic hydroxyl groups is 1. The number of thioether (sulfide) groups is 1. The number of nitrogens with zero attached hydrogens (tertiary/aromatic N) is 2. The lowest BCUT2D eigenvalue weighted by Gasteiger charge is -2.07. The summed E-state index contributed by atoms with van der Waals surface area (Å²) in [5.74, 6) is -0.185. The van der Waals surface area contributed by atoms with Crippen LogP contribution in [0.5, 0.6) is 5.75 Å². The molecule has 0 spiro atoms. The third-order valence-electron chi connectivity index (χ3n) is 2.79. The van der Waals surface area contributed by atoms with Crippen LogP contribution in [0.15, 0.2) is 35.6 Å². The first-order chi connectivity index (χ1) is 10.1. The molecule has 2 rings (SSSR count). The second-order valence-electron chi connectivity index (χ2n) is 4.33. The molecular formula is C14H16N2O4S. The van der Waals surface area contributed by atoms with E-state index in [9.17, 15) is 4.79 Å². The van der Waals surface area contributed by atoms with E-state index in [1.54, 1.807) is 13.3 Å². The number of aliphatic carboxylic acids is 1. The molecule has 1 heterocycles. The molecule has 0 saturated carbocycles. The second kappa shape index (κ2) is 7.14. The van der Waals surface area contributed by atoms with Crippen molar-refractivity contribution < 1.29 is 19.7 Å². The third kappa shape index (κ3) is 4.24. The van der Waals surface area contributed by atoms with Crippen LogP contribution in [-0.4, -0.2) is 38.6 Å². The Hall–Kier alpha value is -1.99. The Kier molecular flexibility index (Phi) is 5.24. The SMILES string of the molecule is COc1ccc(Cn2cc(CO)nc2SCC(=O)O)cc1. The molecule has 1 aromatic heterocycles. The standard InChI is InChI=1S/C14H16N2O4S/c1-20-12-4-2-10(3-5-12)6-16-7-11(8-17)15-14(16)21-9-13(18)19/h2-5,7,17H,6,8-9H2,1H3,(H,18,19). The average molecular weight is 308 g/mol. The minimum absolute atomic E-state index is 0.0650. The van der Waals surface area contributed by atoms with Gasteiger partial charge in [0.05, 0.1) is 25.2 Å². The summed E-state index contributed by atoms with van der Waals surface area (Å²) in [6, 6.07) is 7.60. The molecule has 0 bridgehead atoms. The smallest absolute Gasteiger partial charge is 0.313 e. The summed E-state index contributed by atoms with van der Waals surface area (Å²) in [4.78, 5) is 14.9. The molecule has 7 heteroatoms. The predicted molar refractivity (Wildman–Crippen MR) is 78.6 cm³/mol. The fourth-order valence-corrected chi connectivity index (χ4v) is 2.53. The minimum atomic E-state index is -0.899. The van der Waals surface area contributed by atoms with Crippen molar-refractivity contribution in [2.75, 3.05) is 12.9 Å². The second-order valence-corrected chi connectivity index (χ2v) is 5.27. The van der Waals surface area contributed by atoms with Gasteiger partial charge in [0.1, 0.15) is 5.75 Å². The zero-order valence-corrected chi connectivity index (χ0v) is 12.3. The lowest BCUT2D eigenvalue weighted by molar-refractivity contribution is -0.133. The number of aliphatic hydroxyl groups excluding tert-OH is 1. The van der Waals surface area contributed by atoms with E-state index in [1.807, 2.05) is 28.8 Å². The number of hydrogen-bond donors (Lipinski definition) is 2. The van der Waals surface area contributed by atoms with Gasteiger partial charge in [0, 0.05) is 12.7 Å². The number of aromatic nitrogens is 2. The molecular weight excluding hydrogens is 292 g/mol. The van der Waals surface area contributed by atoms with E-state index in [2.05, 4.69) is 4.98 Å². The zero-order chi connectivity index (χ0) is 15.2. The van der Waals surface area contributed by atoms with Gasteiger partial charge in [-0.25, -0.2) is 4.98 Å². The first-order valence-corrected chi connectivity index (χ1v) is 7.25. The van der Waals surface area contributed by atoms with E-state index in [0.717, 1.165) is 23.1 Å². The Bertz CT molecular complexity index is 610. The molecule has 0 aliphatic heterocycles. The van der Waals surface area contributed by atoms with Gasteiger partial charge in [0.15, 0.2) is 5.16 Å². The lowest BCUT2D eigenvalue weighted by atomic mass is 10.2. The van der Waals surface area contributed by atoms with E-state index in [0.29, 0.717) is 17.4 Å². The maximum absolute atomic E-state index is 10.7. The van der Waals surface area contributed by atoms with Crippen LogP contribution >= 0.6 is 11.8 Å². The number of rotatable bonds is 7. The lowest BCUT2D eigenvalue weighted by Crippen LogP contribution is -2.03. The van der Waals surface area contributed by atoms with Crippen LogP contribution in [0.1, 0.15) is 11.3 Å². The van der Waals surface area contributed by atoms with E-state index >= 15 is 0 Å². The molecule has 0 saturated heterocycles. The first-order valence-electron chi connectivity index (χ1n) is 6.27. The van der Waals surface area contributed by atoms with Crippen LogP contribution in [0.3, 0.4) is 0 Å². The van der Waals surface area contributed by atoms with E-state index in [1.165, 1.54) is 0 Å². The summed E-state index contributed by atoms with van der Waals surface area (Å²) in [7, 11) is 1.61. The number of carboxylic acids is 1. The minimum Gasteiger partial charge on any atom is -0.497 e. The van der Waals surface area contributed by atoms with E-state index in [-0.39, 0.29) is 12.4 Å². The van der Waals surface area contributed by atoms with Gasteiger partial charge in [-0.05, 0) is 17.7 Å². The molecule has 0 radical (unpaired) electrons. The maximum atomic E-state index is 10.7. The molecule has 112 valence electrons. The van der Waals surface area contributed by atoms with Crippen LogP contribution in [-0.2, 0) is 17.9 Å². The van der Waals surface area contributed by atoms with Crippen LogP contribution in [0.25, 0.3) is 0 Å². The Morgan fingerprint density at radius 3 is 2.67 bits per heavy atom. The molecule has 2 aromatic rings. The van der Waals surface area contributed by atoms with E-state index in [4.69, 9.17) is 14.9 Å². The Balaban J connectivity index is 2.16. The van der Waals surface area contributed by atoms with Crippen molar-refractivity contribution >= 4 is 17.7 Å². The quantitative estimate of drug-likeness (QED) is 0.756. The molecule has 0 aliphatic carbocycles. The topological polar surface area (TPSA) is 84.6 Å². The zero-order valence-electron chi connectivity index (χ0n) is 11.5. The summed E-state index contributed by atoms with van der Waals surface area (Å²) in [5, 5.41) is 18.5. The van der Waals surface area contributed by atoms with Crippen molar-refractivity contribution in [3.63, 3.8) is 0 Å². The number of benzene rings is 1. The highest BCUT2D eigenvalue weighted by Crippen LogP contribution is 2.20. The summed E-state index contributed by atoms with van der Waals surface area (Å²) in [5.41, 5.74) is 1.56. The van der Waals surface area contributed by atoms with Crippen molar-refractivity contribution in [2.24, 2.45) is 0 Å². The normalized spacial score (nSPS) is 10.6. The van der Waals surface area contributed by atoms with Crippen molar-refractivity contribution in [3.05, 3.63) is 41.7 Å². The van der Waals surface area contributed by atoms with Gasteiger partial charge >= 0.3 is 5.97 Å². The Morgan fingerprint density at radius 1 is 1.38 bits per heavy atom. The van der Waals surface area contributed by atoms with Crippen LogP contribution in [0.2, 0.25) is 0 Å². The van der Waals surface area contributed by atoms with Crippen molar-refractivity contribution in [1.82, 2.24) is 9.55 Å². The molecule has 0 unspecified atom stereocenters. The van der Waals surface area contributed by atoms with Gasteiger partial charge in [0.2, 0.25) is 0 Å². The van der Waals surface area contributed by atoms with Gasteiger partial charge in [0.25, 0.3) is 0 Å². The number of hydrogen-bond acceptors (Lipinski definition) is 5. The predicted octanol–water partition coefficient (Wildman–Crippen LogP) is 1.61. The molecule has 0 fully saturated rings.